The van der Waals surface area contributed by atoms with Gasteiger partial charge in [-0.25, -0.2) is 14.0 Å². The lowest BCUT2D eigenvalue weighted by Crippen LogP contribution is -2.34. The van der Waals surface area contributed by atoms with Crippen molar-refractivity contribution in [1.29, 1.82) is 0 Å². The molecule has 2 aromatic rings. The molecule has 9 heteroatoms. The molecular weight excluding hydrogens is 387 g/mol. The van der Waals surface area contributed by atoms with Gasteiger partial charge in [0.05, 0.1) is 13.2 Å². The third-order valence-corrected chi connectivity index (χ3v) is 5.59. The maximum atomic E-state index is 14.5. The van der Waals surface area contributed by atoms with Crippen LogP contribution in [0.4, 0.5) is 9.18 Å². The van der Waals surface area contributed by atoms with Crippen molar-refractivity contribution in [1.82, 2.24) is 9.80 Å². The van der Waals surface area contributed by atoms with Crippen molar-refractivity contribution in [3.05, 3.63) is 34.5 Å². The zero-order valence-corrected chi connectivity index (χ0v) is 16.3. The van der Waals surface area contributed by atoms with Crippen LogP contribution in [0.3, 0.4) is 0 Å². The lowest BCUT2D eigenvalue weighted by Gasteiger charge is -2.16. The fourth-order valence-corrected chi connectivity index (χ4v) is 4.16. The first-order valence-corrected chi connectivity index (χ1v) is 9.76. The molecular formula is C19H19FN2O5S. The quantitative estimate of drug-likeness (QED) is 0.400. The molecule has 1 aromatic heterocycles. The van der Waals surface area contributed by atoms with Crippen LogP contribution in [0.5, 0.6) is 0 Å². The van der Waals surface area contributed by atoms with Gasteiger partial charge < -0.3 is 4.74 Å². The summed E-state index contributed by atoms with van der Waals surface area (Å²) in [4.78, 5) is 51.2. The first-order chi connectivity index (χ1) is 13.4. The first-order valence-electron chi connectivity index (χ1n) is 8.95. The summed E-state index contributed by atoms with van der Waals surface area (Å²) in [5.41, 5.74) is 0.170. The van der Waals surface area contributed by atoms with Gasteiger partial charge in [0.2, 0.25) is 0 Å². The molecule has 0 saturated carbocycles. The Morgan fingerprint density at radius 2 is 1.86 bits per heavy atom. The topological polar surface area (TPSA) is 84.0 Å². The Kier molecular flexibility index (Phi) is 5.73. The number of unbranched alkanes of at least 4 members (excludes halogenated alkanes) is 1. The fraction of sp³-hybridized carbons (Fsp3) is 0.368. The molecule has 0 atom stereocenters. The Hall–Kier alpha value is -2.81. The second-order valence-electron chi connectivity index (χ2n) is 6.23. The number of hydrogen-bond donors (Lipinski definition) is 0. The van der Waals surface area contributed by atoms with Crippen LogP contribution in [-0.2, 0) is 20.9 Å². The molecule has 1 saturated heterocycles. The van der Waals surface area contributed by atoms with Crippen molar-refractivity contribution in [2.24, 2.45) is 0 Å². The van der Waals surface area contributed by atoms with Crippen LogP contribution in [0.15, 0.2) is 18.2 Å². The number of halogens is 1. The number of thiophene rings is 1. The average molecular weight is 406 g/mol. The summed E-state index contributed by atoms with van der Waals surface area (Å²) in [7, 11) is 0. The summed E-state index contributed by atoms with van der Waals surface area (Å²) < 4.78 is 20.0. The molecule has 0 N–H and O–H groups in total. The molecule has 0 unspecified atom stereocenters. The van der Waals surface area contributed by atoms with Gasteiger partial charge >= 0.3 is 23.8 Å². The van der Waals surface area contributed by atoms with Gasteiger partial charge in [-0.2, -0.15) is 0 Å². The number of fused-ring (bicyclic) bond motifs is 1. The Bertz CT molecular complexity index is 971. The van der Waals surface area contributed by atoms with Crippen LogP contribution in [0, 0.1) is 5.82 Å². The molecule has 1 aromatic carbocycles. The highest BCUT2D eigenvalue weighted by Gasteiger charge is 2.44. The Balaban J connectivity index is 2.02. The third kappa shape index (κ3) is 3.37. The summed E-state index contributed by atoms with van der Waals surface area (Å²) >= 11 is 1.03. The van der Waals surface area contributed by atoms with Crippen molar-refractivity contribution < 1.29 is 28.3 Å². The van der Waals surface area contributed by atoms with Crippen LogP contribution in [-0.4, -0.2) is 46.8 Å². The SMILES string of the molecule is CCCCN1C(=O)C(=O)N(Cc2c(C(=O)OCC)sc3cccc(F)c23)C1=O. The van der Waals surface area contributed by atoms with Crippen molar-refractivity contribution >= 4 is 45.2 Å². The van der Waals surface area contributed by atoms with E-state index >= 15 is 0 Å². The second kappa shape index (κ2) is 8.05. The summed E-state index contributed by atoms with van der Waals surface area (Å²) in [6.07, 6.45) is 1.32. The predicted molar refractivity (Wildman–Crippen MR) is 100 cm³/mol. The molecule has 1 aliphatic heterocycles. The average Bonchev–Trinajstić information content (AvgIpc) is 3.13. The minimum Gasteiger partial charge on any atom is -0.462 e. The molecule has 0 spiro atoms. The number of urea groups is 1. The number of rotatable bonds is 7. The van der Waals surface area contributed by atoms with E-state index in [-0.39, 0.29) is 35.5 Å². The second-order valence-corrected chi connectivity index (χ2v) is 7.28. The largest absolute Gasteiger partial charge is 0.462 e. The molecule has 3 rings (SSSR count). The van der Waals surface area contributed by atoms with Crippen molar-refractivity contribution in [3.8, 4) is 0 Å². The summed E-state index contributed by atoms with van der Waals surface area (Å²) in [6, 6.07) is 3.63. The van der Waals surface area contributed by atoms with E-state index in [1.807, 2.05) is 6.92 Å². The highest BCUT2D eigenvalue weighted by atomic mass is 32.1. The fourth-order valence-electron chi connectivity index (χ4n) is 3.04. The van der Waals surface area contributed by atoms with Gasteiger partial charge in [-0.05, 0) is 25.5 Å². The molecule has 1 fully saturated rings. The molecule has 2 heterocycles. The van der Waals surface area contributed by atoms with Crippen molar-refractivity contribution in [2.45, 2.75) is 33.2 Å². The van der Waals surface area contributed by atoms with Crippen LogP contribution in [0.2, 0.25) is 0 Å². The van der Waals surface area contributed by atoms with E-state index in [0.717, 1.165) is 27.6 Å². The lowest BCUT2D eigenvalue weighted by atomic mass is 10.1. The third-order valence-electron chi connectivity index (χ3n) is 4.41. The molecule has 148 valence electrons. The van der Waals surface area contributed by atoms with E-state index in [9.17, 15) is 23.6 Å². The number of esters is 1. The molecule has 0 bridgehead atoms. The zero-order chi connectivity index (χ0) is 20.4. The number of carbonyl (C=O) groups is 4. The van der Waals surface area contributed by atoms with Gasteiger partial charge in [-0.1, -0.05) is 19.4 Å². The molecule has 0 aliphatic carbocycles. The molecule has 4 amide bonds. The Labute approximate surface area is 164 Å². The highest BCUT2D eigenvalue weighted by Crippen LogP contribution is 2.35. The van der Waals surface area contributed by atoms with E-state index in [1.54, 1.807) is 13.0 Å². The standard InChI is InChI=1S/C19H19FN2O5S/c1-3-5-9-21-16(23)17(24)22(19(21)26)10-11-14-12(20)7-6-8-13(14)28-15(11)18(25)27-4-2/h6-8H,3-5,9-10H2,1-2H3. The number of nitrogens with zero attached hydrogens (tertiary/aromatic N) is 2. The Morgan fingerprint density at radius 1 is 1.14 bits per heavy atom. The van der Waals surface area contributed by atoms with Crippen molar-refractivity contribution in [3.63, 3.8) is 0 Å². The molecule has 0 radical (unpaired) electrons. The minimum absolute atomic E-state index is 0.113. The van der Waals surface area contributed by atoms with Crippen LogP contribution in [0.25, 0.3) is 10.1 Å². The van der Waals surface area contributed by atoms with Gasteiger partial charge in [0, 0.05) is 22.2 Å². The number of imide groups is 2. The first kappa shape index (κ1) is 19.9. The highest BCUT2D eigenvalue weighted by molar-refractivity contribution is 7.21. The van der Waals surface area contributed by atoms with E-state index in [2.05, 4.69) is 0 Å². The van der Waals surface area contributed by atoms with Crippen LogP contribution < -0.4 is 0 Å². The molecule has 28 heavy (non-hydrogen) atoms. The normalized spacial score (nSPS) is 14.5. The van der Waals surface area contributed by atoms with Gasteiger partial charge in [-0.3, -0.25) is 19.4 Å². The van der Waals surface area contributed by atoms with E-state index in [1.165, 1.54) is 12.1 Å². The minimum atomic E-state index is -0.980. The van der Waals surface area contributed by atoms with Gasteiger partial charge in [0.25, 0.3) is 0 Å². The van der Waals surface area contributed by atoms with E-state index < -0.39 is 29.6 Å². The number of benzene rings is 1. The van der Waals surface area contributed by atoms with Gasteiger partial charge in [0.1, 0.15) is 10.7 Å². The maximum Gasteiger partial charge on any atom is 0.348 e. The number of ether oxygens (including phenoxy) is 1. The van der Waals surface area contributed by atoms with Gasteiger partial charge in [0.15, 0.2) is 0 Å². The van der Waals surface area contributed by atoms with Crippen molar-refractivity contribution in [2.75, 3.05) is 13.2 Å². The maximum absolute atomic E-state index is 14.5. The van der Waals surface area contributed by atoms with Crippen LogP contribution >= 0.6 is 11.3 Å². The Morgan fingerprint density at radius 3 is 2.54 bits per heavy atom. The molecule has 7 nitrogen and oxygen atoms in total. The number of amides is 4. The summed E-state index contributed by atoms with van der Waals surface area (Å²) in [5, 5.41) is 0.149. The van der Waals surface area contributed by atoms with E-state index in [0.29, 0.717) is 11.1 Å². The zero-order valence-electron chi connectivity index (χ0n) is 15.5. The monoisotopic (exact) mass is 406 g/mol. The molecule has 1 aliphatic rings. The smallest absolute Gasteiger partial charge is 0.348 e. The number of carbonyl (C=O) groups excluding carboxylic acids is 4. The lowest BCUT2D eigenvalue weighted by molar-refractivity contribution is -0.143. The summed E-state index contributed by atoms with van der Waals surface area (Å²) in [5.74, 6) is -3.12. The van der Waals surface area contributed by atoms with E-state index in [4.69, 9.17) is 4.74 Å². The van der Waals surface area contributed by atoms with Crippen LogP contribution in [0.1, 0.15) is 41.9 Å². The predicted octanol–water partition coefficient (Wildman–Crippen LogP) is 3.31. The van der Waals surface area contributed by atoms with Gasteiger partial charge in [-0.15, -0.1) is 11.3 Å². The number of hydrogen-bond acceptors (Lipinski definition) is 6. The summed E-state index contributed by atoms with van der Waals surface area (Å²) in [6.45, 7) is 3.43.